The summed E-state index contributed by atoms with van der Waals surface area (Å²) >= 11 is 0. The van der Waals surface area contributed by atoms with Crippen LogP contribution in [0.3, 0.4) is 0 Å². The molecule has 20 heavy (non-hydrogen) atoms. The van der Waals surface area contributed by atoms with Crippen LogP contribution in [0.15, 0.2) is 53.1 Å². The largest absolute Gasteiger partial charge is 0.481 e. The first-order chi connectivity index (χ1) is 9.86. The second-order valence-corrected chi connectivity index (χ2v) is 4.53. The van der Waals surface area contributed by atoms with Gasteiger partial charge in [0.2, 0.25) is 5.88 Å². The Bertz CT molecular complexity index is 693. The summed E-state index contributed by atoms with van der Waals surface area (Å²) in [6.45, 7) is 1.37. The summed E-state index contributed by atoms with van der Waals surface area (Å²) in [5, 5.41) is 4.44. The van der Waals surface area contributed by atoms with Crippen molar-refractivity contribution in [2.45, 2.75) is 13.1 Å². The van der Waals surface area contributed by atoms with Gasteiger partial charge in [-0.2, -0.15) is 0 Å². The minimum atomic E-state index is 0.663. The molecule has 0 amide bonds. The first-order valence-corrected chi connectivity index (χ1v) is 6.52. The Balaban J connectivity index is 1.78. The first-order valence-electron chi connectivity index (χ1n) is 6.52. The van der Waals surface area contributed by atoms with Crippen molar-refractivity contribution in [1.82, 2.24) is 10.3 Å². The number of fused-ring (bicyclic) bond motifs is 1. The normalized spacial score (nSPS) is 10.8. The molecule has 0 unspecified atom stereocenters. The van der Waals surface area contributed by atoms with Crippen molar-refractivity contribution >= 4 is 10.9 Å². The molecule has 0 radical (unpaired) electrons. The first kappa shape index (κ1) is 12.7. The van der Waals surface area contributed by atoms with Gasteiger partial charge in [0, 0.05) is 17.5 Å². The molecule has 2 aromatic heterocycles. The SMILES string of the molecule is COc1nc2ccccc2cc1CNCc1ccco1. The Morgan fingerprint density at radius 1 is 1.15 bits per heavy atom. The number of hydrogen-bond acceptors (Lipinski definition) is 4. The highest BCUT2D eigenvalue weighted by molar-refractivity contribution is 5.80. The topological polar surface area (TPSA) is 47.3 Å². The van der Waals surface area contributed by atoms with Crippen LogP contribution < -0.4 is 10.1 Å². The van der Waals surface area contributed by atoms with E-state index in [-0.39, 0.29) is 0 Å². The van der Waals surface area contributed by atoms with Gasteiger partial charge in [-0.15, -0.1) is 0 Å². The van der Waals surface area contributed by atoms with E-state index in [2.05, 4.69) is 22.4 Å². The molecule has 1 aromatic carbocycles. The van der Waals surface area contributed by atoms with E-state index >= 15 is 0 Å². The second kappa shape index (κ2) is 5.75. The average Bonchev–Trinajstić information content (AvgIpc) is 3.00. The maximum Gasteiger partial charge on any atom is 0.218 e. The lowest BCUT2D eigenvalue weighted by molar-refractivity contribution is 0.391. The highest BCUT2D eigenvalue weighted by atomic mass is 16.5. The van der Waals surface area contributed by atoms with Crippen molar-refractivity contribution in [3.63, 3.8) is 0 Å². The summed E-state index contributed by atoms with van der Waals surface area (Å²) in [6, 6.07) is 14.0. The summed E-state index contributed by atoms with van der Waals surface area (Å²) in [7, 11) is 1.65. The monoisotopic (exact) mass is 268 g/mol. The number of methoxy groups -OCH3 is 1. The van der Waals surface area contributed by atoms with Crippen LogP contribution in [0.1, 0.15) is 11.3 Å². The van der Waals surface area contributed by atoms with E-state index in [1.165, 1.54) is 0 Å². The van der Waals surface area contributed by atoms with Crippen molar-refractivity contribution in [1.29, 1.82) is 0 Å². The predicted octanol–water partition coefficient (Wildman–Crippen LogP) is 3.13. The fraction of sp³-hybridized carbons (Fsp3) is 0.188. The van der Waals surface area contributed by atoms with E-state index in [0.717, 1.165) is 22.2 Å². The van der Waals surface area contributed by atoms with Gasteiger partial charge in [-0.1, -0.05) is 18.2 Å². The molecular formula is C16H16N2O2. The van der Waals surface area contributed by atoms with Gasteiger partial charge in [0.25, 0.3) is 0 Å². The average molecular weight is 268 g/mol. The lowest BCUT2D eigenvalue weighted by atomic mass is 10.1. The number of rotatable bonds is 5. The van der Waals surface area contributed by atoms with E-state index in [4.69, 9.17) is 9.15 Å². The zero-order chi connectivity index (χ0) is 13.8. The molecule has 0 saturated heterocycles. The van der Waals surface area contributed by atoms with Crippen molar-refractivity contribution in [3.05, 3.63) is 60.1 Å². The molecule has 3 aromatic rings. The maximum absolute atomic E-state index is 5.37. The molecule has 102 valence electrons. The number of benzene rings is 1. The van der Waals surface area contributed by atoms with E-state index in [1.54, 1.807) is 13.4 Å². The van der Waals surface area contributed by atoms with Gasteiger partial charge in [-0.05, 0) is 24.3 Å². The fourth-order valence-corrected chi connectivity index (χ4v) is 2.18. The van der Waals surface area contributed by atoms with Crippen molar-refractivity contribution in [2.24, 2.45) is 0 Å². The van der Waals surface area contributed by atoms with Gasteiger partial charge in [0.1, 0.15) is 5.76 Å². The van der Waals surface area contributed by atoms with Crippen LogP contribution in [-0.2, 0) is 13.1 Å². The molecule has 0 spiro atoms. The molecule has 0 saturated carbocycles. The predicted molar refractivity (Wildman–Crippen MR) is 77.5 cm³/mol. The van der Waals surface area contributed by atoms with Gasteiger partial charge < -0.3 is 14.5 Å². The highest BCUT2D eigenvalue weighted by Crippen LogP contribution is 2.21. The maximum atomic E-state index is 5.37. The Hall–Kier alpha value is -2.33. The third-order valence-electron chi connectivity index (χ3n) is 3.15. The van der Waals surface area contributed by atoms with Crippen LogP contribution in [0.4, 0.5) is 0 Å². The number of ether oxygens (including phenoxy) is 1. The summed E-state index contributed by atoms with van der Waals surface area (Å²) < 4.78 is 10.7. The highest BCUT2D eigenvalue weighted by Gasteiger charge is 2.07. The lowest BCUT2D eigenvalue weighted by Crippen LogP contribution is -2.13. The number of nitrogens with one attached hydrogen (secondary N) is 1. The second-order valence-electron chi connectivity index (χ2n) is 4.53. The summed E-state index contributed by atoms with van der Waals surface area (Å²) in [6.07, 6.45) is 1.68. The van der Waals surface area contributed by atoms with Crippen LogP contribution in [0.25, 0.3) is 10.9 Å². The number of aromatic nitrogens is 1. The molecule has 1 N–H and O–H groups in total. The quantitative estimate of drug-likeness (QED) is 0.772. The van der Waals surface area contributed by atoms with Crippen LogP contribution in [-0.4, -0.2) is 12.1 Å². The van der Waals surface area contributed by atoms with Crippen molar-refractivity contribution in [2.75, 3.05) is 7.11 Å². The molecule has 0 aliphatic carbocycles. The third kappa shape index (κ3) is 2.65. The van der Waals surface area contributed by atoms with Gasteiger partial charge >= 0.3 is 0 Å². The van der Waals surface area contributed by atoms with Crippen molar-refractivity contribution < 1.29 is 9.15 Å². The van der Waals surface area contributed by atoms with Crippen LogP contribution in [0.2, 0.25) is 0 Å². The molecule has 4 heteroatoms. The van der Waals surface area contributed by atoms with E-state index < -0.39 is 0 Å². The molecule has 3 rings (SSSR count). The van der Waals surface area contributed by atoms with Gasteiger partial charge in [-0.25, -0.2) is 4.98 Å². The van der Waals surface area contributed by atoms with Crippen LogP contribution >= 0.6 is 0 Å². The zero-order valence-electron chi connectivity index (χ0n) is 11.3. The van der Waals surface area contributed by atoms with E-state index in [1.807, 2.05) is 30.3 Å². The van der Waals surface area contributed by atoms with Crippen LogP contribution in [0, 0.1) is 0 Å². The Kier molecular flexibility index (Phi) is 3.65. The van der Waals surface area contributed by atoms with Gasteiger partial charge in [0.05, 0.1) is 25.4 Å². The zero-order valence-corrected chi connectivity index (χ0v) is 11.3. The summed E-state index contributed by atoms with van der Waals surface area (Å²) in [5.74, 6) is 1.58. The smallest absolute Gasteiger partial charge is 0.218 e. The van der Waals surface area contributed by atoms with Crippen molar-refractivity contribution in [3.8, 4) is 5.88 Å². The number of pyridine rings is 1. The molecule has 0 aliphatic heterocycles. The van der Waals surface area contributed by atoms with Gasteiger partial charge in [0.15, 0.2) is 0 Å². The molecule has 0 bridgehead atoms. The summed E-state index contributed by atoms with van der Waals surface area (Å²) in [5.41, 5.74) is 1.98. The molecule has 2 heterocycles. The minimum Gasteiger partial charge on any atom is -0.481 e. The Morgan fingerprint density at radius 2 is 2.05 bits per heavy atom. The number of para-hydroxylation sites is 1. The van der Waals surface area contributed by atoms with E-state index in [9.17, 15) is 0 Å². The van der Waals surface area contributed by atoms with E-state index in [0.29, 0.717) is 19.0 Å². The fourth-order valence-electron chi connectivity index (χ4n) is 2.18. The Morgan fingerprint density at radius 3 is 2.85 bits per heavy atom. The number of hydrogen-bond donors (Lipinski definition) is 1. The summed E-state index contributed by atoms with van der Waals surface area (Å²) in [4.78, 5) is 4.52. The molecule has 0 aliphatic rings. The number of furan rings is 1. The number of nitrogens with zero attached hydrogens (tertiary/aromatic N) is 1. The molecule has 0 fully saturated rings. The van der Waals surface area contributed by atoms with Gasteiger partial charge in [-0.3, -0.25) is 0 Å². The minimum absolute atomic E-state index is 0.663. The lowest BCUT2D eigenvalue weighted by Gasteiger charge is -2.10. The molecule has 4 nitrogen and oxygen atoms in total. The van der Waals surface area contributed by atoms with Crippen LogP contribution in [0.5, 0.6) is 5.88 Å². The Labute approximate surface area is 117 Å². The molecule has 0 atom stereocenters. The molecular weight excluding hydrogens is 252 g/mol. The third-order valence-corrected chi connectivity index (χ3v) is 3.15. The standard InChI is InChI=1S/C16H16N2O2/c1-19-16-13(10-17-11-14-6-4-8-20-14)9-12-5-2-3-7-15(12)18-16/h2-9,17H,10-11H2,1H3.